The summed E-state index contributed by atoms with van der Waals surface area (Å²) in [6.45, 7) is 3.99. The number of benzene rings is 1. The van der Waals surface area contributed by atoms with Crippen molar-refractivity contribution in [3.8, 4) is 11.3 Å². The first-order valence-electron chi connectivity index (χ1n) is 6.75. The van der Waals surface area contributed by atoms with Gasteiger partial charge in [0.05, 0.1) is 0 Å². The van der Waals surface area contributed by atoms with Crippen LogP contribution in [0.3, 0.4) is 0 Å². The van der Waals surface area contributed by atoms with Crippen LogP contribution in [0.5, 0.6) is 0 Å². The molecule has 1 aliphatic carbocycles. The Bertz CT molecular complexity index is 627. The summed E-state index contributed by atoms with van der Waals surface area (Å²) in [5, 5.41) is 0. The first-order valence-corrected chi connectivity index (χ1v) is 6.75. The lowest BCUT2D eigenvalue weighted by molar-refractivity contribution is 0.630. The van der Waals surface area contributed by atoms with Gasteiger partial charge in [-0.2, -0.15) is 0 Å². The maximum Gasteiger partial charge on any atom is 0.132 e. The molecule has 1 saturated carbocycles. The van der Waals surface area contributed by atoms with Crippen molar-refractivity contribution < 1.29 is 4.39 Å². The minimum absolute atomic E-state index is 0.264. The van der Waals surface area contributed by atoms with E-state index in [1.807, 2.05) is 13.0 Å². The Hall–Kier alpha value is -1.84. The first kappa shape index (κ1) is 12.2. The number of aryl methyl sites for hydroxylation is 2. The number of nitrogen functional groups attached to an aromatic ring is 1. The lowest BCUT2D eigenvalue weighted by Gasteiger charge is -2.07. The molecule has 0 radical (unpaired) electrons. The van der Waals surface area contributed by atoms with Crippen LogP contribution >= 0.6 is 0 Å². The van der Waals surface area contributed by atoms with E-state index in [9.17, 15) is 4.39 Å². The lowest BCUT2D eigenvalue weighted by Crippen LogP contribution is -2.04. The van der Waals surface area contributed by atoms with Crippen molar-refractivity contribution in [1.29, 1.82) is 0 Å². The van der Waals surface area contributed by atoms with Gasteiger partial charge in [0, 0.05) is 18.0 Å². The number of hydrogen-bond donors (Lipinski definition) is 1. The van der Waals surface area contributed by atoms with Gasteiger partial charge in [0.1, 0.15) is 23.2 Å². The molecule has 1 aromatic carbocycles. The lowest BCUT2D eigenvalue weighted by atomic mass is 10.1. The molecule has 100 valence electrons. The Morgan fingerprint density at radius 1 is 1.42 bits per heavy atom. The summed E-state index contributed by atoms with van der Waals surface area (Å²) < 4.78 is 16.1. The van der Waals surface area contributed by atoms with Gasteiger partial charge in [0.25, 0.3) is 0 Å². The highest BCUT2D eigenvalue weighted by Gasteiger charge is 2.30. The van der Waals surface area contributed by atoms with E-state index in [2.05, 4.69) is 16.5 Å². The highest BCUT2D eigenvalue weighted by Crippen LogP contribution is 2.41. The second-order valence-electron chi connectivity index (χ2n) is 5.20. The first-order chi connectivity index (χ1) is 9.11. The molecule has 1 fully saturated rings. The number of imidazole rings is 1. The topological polar surface area (TPSA) is 43.8 Å². The van der Waals surface area contributed by atoms with Crippen molar-refractivity contribution in [3.63, 3.8) is 0 Å². The summed E-state index contributed by atoms with van der Waals surface area (Å²) in [6, 6.07) is 5.51. The largest absolute Gasteiger partial charge is 0.383 e. The second kappa shape index (κ2) is 4.37. The van der Waals surface area contributed by atoms with Crippen molar-refractivity contribution in [3.05, 3.63) is 35.4 Å². The molecular formula is C15H18FN3. The minimum atomic E-state index is -0.264. The molecule has 0 aliphatic heterocycles. The van der Waals surface area contributed by atoms with E-state index < -0.39 is 0 Å². The van der Waals surface area contributed by atoms with Crippen molar-refractivity contribution in [2.75, 3.05) is 5.73 Å². The fourth-order valence-corrected chi connectivity index (χ4v) is 2.50. The van der Waals surface area contributed by atoms with Gasteiger partial charge in [-0.15, -0.1) is 0 Å². The molecule has 1 aromatic heterocycles. The zero-order valence-electron chi connectivity index (χ0n) is 11.3. The van der Waals surface area contributed by atoms with Gasteiger partial charge in [0.15, 0.2) is 0 Å². The summed E-state index contributed by atoms with van der Waals surface area (Å²) in [6.07, 6.45) is 3.10. The Morgan fingerprint density at radius 2 is 2.16 bits per heavy atom. The number of rotatable bonds is 3. The zero-order valence-corrected chi connectivity index (χ0v) is 11.3. The molecule has 0 saturated heterocycles. The van der Waals surface area contributed by atoms with Gasteiger partial charge >= 0.3 is 0 Å². The van der Waals surface area contributed by atoms with Crippen LogP contribution < -0.4 is 5.73 Å². The molecule has 3 rings (SSSR count). The Morgan fingerprint density at radius 3 is 2.79 bits per heavy atom. The molecule has 1 heterocycles. The van der Waals surface area contributed by atoms with Crippen molar-refractivity contribution in [2.24, 2.45) is 0 Å². The molecule has 0 spiro atoms. The van der Waals surface area contributed by atoms with Crippen LogP contribution in [0.1, 0.15) is 37.2 Å². The average molecular weight is 259 g/mol. The number of anilines is 1. The monoisotopic (exact) mass is 259 g/mol. The third kappa shape index (κ3) is 2.01. The van der Waals surface area contributed by atoms with Crippen molar-refractivity contribution in [1.82, 2.24) is 9.55 Å². The molecule has 2 aromatic rings. The second-order valence-corrected chi connectivity index (χ2v) is 5.20. The van der Waals surface area contributed by atoms with Crippen molar-refractivity contribution in [2.45, 2.75) is 39.2 Å². The fourth-order valence-electron chi connectivity index (χ4n) is 2.50. The van der Waals surface area contributed by atoms with Crippen LogP contribution in [0.25, 0.3) is 11.3 Å². The molecule has 3 nitrogen and oxygen atoms in total. The summed E-state index contributed by atoms with van der Waals surface area (Å²) >= 11 is 0. The summed E-state index contributed by atoms with van der Waals surface area (Å²) in [5.41, 5.74) is 8.31. The minimum Gasteiger partial charge on any atom is -0.383 e. The quantitative estimate of drug-likeness (QED) is 0.917. The van der Waals surface area contributed by atoms with Crippen molar-refractivity contribution >= 4 is 5.82 Å². The standard InChI is InChI=1S/C15H18FN3/c1-3-13-18-14(15(17)19(13)10-5-6-10)11-8-9(2)4-7-12(11)16/h4,7-8,10H,3,5-6,17H2,1-2H3. The van der Waals surface area contributed by atoms with Crippen LogP contribution in [0.4, 0.5) is 10.2 Å². The number of hydrogen-bond acceptors (Lipinski definition) is 2. The maximum absolute atomic E-state index is 14.0. The average Bonchev–Trinajstić information content (AvgIpc) is 3.17. The SMILES string of the molecule is CCc1nc(-c2cc(C)ccc2F)c(N)n1C1CC1. The van der Waals surface area contributed by atoms with E-state index in [-0.39, 0.29) is 5.82 Å². The molecule has 19 heavy (non-hydrogen) atoms. The Balaban J connectivity index is 2.17. The zero-order chi connectivity index (χ0) is 13.6. The van der Waals surface area contributed by atoms with E-state index in [1.165, 1.54) is 6.07 Å². The molecule has 4 heteroatoms. The predicted octanol–water partition coefficient (Wildman–Crippen LogP) is 3.48. The van der Waals surface area contributed by atoms with Crippen LogP contribution in [0, 0.1) is 12.7 Å². The molecule has 0 bridgehead atoms. The van der Waals surface area contributed by atoms with E-state index in [0.717, 1.165) is 30.7 Å². The molecule has 0 atom stereocenters. The van der Waals surface area contributed by atoms with E-state index >= 15 is 0 Å². The van der Waals surface area contributed by atoms with Gasteiger partial charge in [-0.3, -0.25) is 0 Å². The van der Waals surface area contributed by atoms with E-state index in [4.69, 9.17) is 5.73 Å². The molecule has 1 aliphatic rings. The summed E-state index contributed by atoms with van der Waals surface area (Å²) in [4.78, 5) is 4.56. The third-order valence-corrected chi connectivity index (χ3v) is 3.63. The smallest absolute Gasteiger partial charge is 0.132 e. The van der Waals surface area contributed by atoms with E-state index in [0.29, 0.717) is 23.1 Å². The predicted molar refractivity (Wildman–Crippen MR) is 74.4 cm³/mol. The fraction of sp³-hybridized carbons (Fsp3) is 0.400. The van der Waals surface area contributed by atoms with Crippen LogP contribution in [-0.4, -0.2) is 9.55 Å². The number of nitrogens with two attached hydrogens (primary N) is 1. The van der Waals surface area contributed by atoms with Crippen LogP contribution in [0.15, 0.2) is 18.2 Å². The Labute approximate surface area is 112 Å². The normalized spacial score (nSPS) is 14.9. The van der Waals surface area contributed by atoms with Crippen LogP contribution in [-0.2, 0) is 6.42 Å². The highest BCUT2D eigenvalue weighted by atomic mass is 19.1. The highest BCUT2D eigenvalue weighted by molar-refractivity contribution is 5.72. The van der Waals surface area contributed by atoms with Gasteiger partial charge < -0.3 is 10.3 Å². The summed E-state index contributed by atoms with van der Waals surface area (Å²) in [5.74, 6) is 1.29. The molecule has 0 unspecified atom stereocenters. The molecular weight excluding hydrogens is 241 g/mol. The number of aromatic nitrogens is 2. The summed E-state index contributed by atoms with van der Waals surface area (Å²) in [7, 11) is 0. The maximum atomic E-state index is 14.0. The molecule has 0 amide bonds. The third-order valence-electron chi connectivity index (χ3n) is 3.63. The van der Waals surface area contributed by atoms with E-state index in [1.54, 1.807) is 6.07 Å². The van der Waals surface area contributed by atoms with Gasteiger partial charge in [-0.05, 0) is 31.9 Å². The molecule has 2 N–H and O–H groups in total. The van der Waals surface area contributed by atoms with Gasteiger partial charge in [-0.1, -0.05) is 18.6 Å². The number of halogens is 1. The van der Waals surface area contributed by atoms with Gasteiger partial charge in [-0.25, -0.2) is 9.37 Å². The Kier molecular flexibility index (Phi) is 2.81. The number of nitrogens with zero attached hydrogens (tertiary/aromatic N) is 2. The van der Waals surface area contributed by atoms with Crippen LogP contribution in [0.2, 0.25) is 0 Å². The van der Waals surface area contributed by atoms with Gasteiger partial charge in [0.2, 0.25) is 0 Å².